The van der Waals surface area contributed by atoms with Crippen molar-refractivity contribution in [3.05, 3.63) is 0 Å². The van der Waals surface area contributed by atoms with Gasteiger partial charge in [-0.2, -0.15) is 0 Å². The molecule has 1 aliphatic carbocycles. The lowest BCUT2D eigenvalue weighted by Gasteiger charge is -2.27. The van der Waals surface area contributed by atoms with Crippen LogP contribution >= 0.6 is 0 Å². The molecule has 0 saturated heterocycles. The molecule has 94 valence electrons. The Hall–Kier alpha value is -0.610. The van der Waals surface area contributed by atoms with Crippen LogP contribution in [-0.4, -0.2) is 30.7 Å². The molecule has 1 fully saturated rings. The van der Waals surface area contributed by atoms with Crippen LogP contribution in [0.5, 0.6) is 0 Å². The van der Waals surface area contributed by atoms with Crippen molar-refractivity contribution < 1.29 is 9.53 Å². The summed E-state index contributed by atoms with van der Waals surface area (Å²) < 4.78 is 5.81. The third-order valence-corrected chi connectivity index (χ3v) is 3.07. The predicted octanol–water partition coefficient (Wildman–Crippen LogP) is 1.19. The Bertz CT molecular complexity index is 223. The summed E-state index contributed by atoms with van der Waals surface area (Å²) in [7, 11) is 0. The minimum atomic E-state index is -0.141. The molecule has 16 heavy (non-hydrogen) atoms. The first kappa shape index (κ1) is 13.5. The number of carbonyl (C=O) groups is 1. The molecule has 0 aromatic heterocycles. The highest BCUT2D eigenvalue weighted by Crippen LogP contribution is 2.32. The lowest BCUT2D eigenvalue weighted by atomic mass is 10.0. The molecular weight excluding hydrogens is 204 g/mol. The second-order valence-electron chi connectivity index (χ2n) is 4.91. The van der Waals surface area contributed by atoms with Crippen LogP contribution in [0.4, 0.5) is 0 Å². The molecule has 3 N–H and O–H groups in total. The second-order valence-corrected chi connectivity index (χ2v) is 4.91. The number of rotatable bonds is 6. The first-order valence-corrected chi connectivity index (χ1v) is 6.21. The van der Waals surface area contributed by atoms with E-state index in [1.54, 1.807) is 0 Å². The molecule has 0 radical (unpaired) electrons. The normalized spacial score (nSPS) is 19.0. The Balaban J connectivity index is 2.21. The third-order valence-electron chi connectivity index (χ3n) is 3.07. The van der Waals surface area contributed by atoms with Gasteiger partial charge >= 0.3 is 0 Å². The summed E-state index contributed by atoms with van der Waals surface area (Å²) >= 11 is 0. The zero-order chi connectivity index (χ0) is 12.0. The summed E-state index contributed by atoms with van der Waals surface area (Å²) in [6, 6.07) is 0.197. The van der Waals surface area contributed by atoms with Gasteiger partial charge in [0, 0.05) is 19.0 Å². The van der Waals surface area contributed by atoms with Gasteiger partial charge < -0.3 is 15.8 Å². The van der Waals surface area contributed by atoms with Gasteiger partial charge in [0.25, 0.3) is 0 Å². The average Bonchev–Trinajstić information content (AvgIpc) is 2.66. The van der Waals surface area contributed by atoms with E-state index >= 15 is 0 Å². The number of carbonyl (C=O) groups excluding carboxylic acids is 1. The van der Waals surface area contributed by atoms with Crippen LogP contribution in [0.15, 0.2) is 0 Å². The highest BCUT2D eigenvalue weighted by Gasteiger charge is 2.33. The van der Waals surface area contributed by atoms with Gasteiger partial charge in [0.05, 0.1) is 12.2 Å². The van der Waals surface area contributed by atoms with Gasteiger partial charge in [-0.3, -0.25) is 4.79 Å². The molecule has 0 atom stereocenters. The number of hydrogen-bond acceptors (Lipinski definition) is 3. The highest BCUT2D eigenvalue weighted by molar-refractivity contribution is 5.76. The lowest BCUT2D eigenvalue weighted by Crippen LogP contribution is -2.39. The van der Waals surface area contributed by atoms with E-state index in [0.717, 1.165) is 12.8 Å². The molecule has 0 aromatic carbocycles. The van der Waals surface area contributed by atoms with Gasteiger partial charge in [-0.25, -0.2) is 0 Å². The van der Waals surface area contributed by atoms with Crippen LogP contribution in [0, 0.1) is 0 Å². The summed E-state index contributed by atoms with van der Waals surface area (Å²) in [6.45, 7) is 4.96. The Morgan fingerprint density at radius 1 is 1.44 bits per heavy atom. The largest absolute Gasteiger partial charge is 0.373 e. The average molecular weight is 228 g/mol. The van der Waals surface area contributed by atoms with Gasteiger partial charge in [-0.05, 0) is 26.7 Å². The topological polar surface area (TPSA) is 64.3 Å². The number of amides is 1. The summed E-state index contributed by atoms with van der Waals surface area (Å²) in [6.07, 6.45) is 4.88. The maximum Gasteiger partial charge on any atom is 0.222 e. The SMILES string of the molecule is CC(C)NC(=O)CCOC1(CN)CCCC1. The fourth-order valence-electron chi connectivity index (χ4n) is 2.18. The quantitative estimate of drug-likeness (QED) is 0.717. The minimum absolute atomic E-state index is 0.0557. The van der Waals surface area contributed by atoms with E-state index in [-0.39, 0.29) is 17.6 Å². The summed E-state index contributed by atoms with van der Waals surface area (Å²) in [5, 5.41) is 2.85. The van der Waals surface area contributed by atoms with Crippen molar-refractivity contribution in [2.45, 2.75) is 57.6 Å². The van der Waals surface area contributed by atoms with Crippen LogP contribution < -0.4 is 11.1 Å². The van der Waals surface area contributed by atoms with E-state index < -0.39 is 0 Å². The van der Waals surface area contributed by atoms with Crippen molar-refractivity contribution in [3.63, 3.8) is 0 Å². The zero-order valence-electron chi connectivity index (χ0n) is 10.4. The molecule has 0 heterocycles. The van der Waals surface area contributed by atoms with Crippen LogP contribution in [0.25, 0.3) is 0 Å². The third kappa shape index (κ3) is 4.10. The molecule has 0 bridgehead atoms. The summed E-state index contributed by atoms with van der Waals surface area (Å²) in [5.41, 5.74) is 5.60. The van der Waals surface area contributed by atoms with Gasteiger partial charge in [0.15, 0.2) is 0 Å². The van der Waals surface area contributed by atoms with Gasteiger partial charge in [0.2, 0.25) is 5.91 Å². The number of nitrogens with one attached hydrogen (secondary N) is 1. The number of ether oxygens (including phenoxy) is 1. The molecule has 0 spiro atoms. The van der Waals surface area contributed by atoms with Crippen molar-refractivity contribution in [3.8, 4) is 0 Å². The highest BCUT2D eigenvalue weighted by atomic mass is 16.5. The smallest absolute Gasteiger partial charge is 0.222 e. The standard InChI is InChI=1S/C12H24N2O2/c1-10(2)14-11(15)5-8-16-12(9-13)6-3-4-7-12/h10H,3-9,13H2,1-2H3,(H,14,15). The Kier molecular flexibility index (Phi) is 5.22. The zero-order valence-corrected chi connectivity index (χ0v) is 10.4. The Labute approximate surface area is 97.9 Å². The van der Waals surface area contributed by atoms with E-state index in [4.69, 9.17) is 10.5 Å². The fraction of sp³-hybridized carbons (Fsp3) is 0.917. The van der Waals surface area contributed by atoms with Crippen LogP contribution in [-0.2, 0) is 9.53 Å². The Morgan fingerprint density at radius 2 is 2.06 bits per heavy atom. The Morgan fingerprint density at radius 3 is 2.56 bits per heavy atom. The van der Waals surface area contributed by atoms with Crippen molar-refractivity contribution >= 4 is 5.91 Å². The monoisotopic (exact) mass is 228 g/mol. The van der Waals surface area contributed by atoms with Crippen molar-refractivity contribution in [2.75, 3.05) is 13.2 Å². The second kappa shape index (κ2) is 6.21. The van der Waals surface area contributed by atoms with Crippen molar-refractivity contribution in [2.24, 2.45) is 5.73 Å². The van der Waals surface area contributed by atoms with Crippen LogP contribution in [0.1, 0.15) is 46.0 Å². The molecule has 1 amide bonds. The van der Waals surface area contributed by atoms with E-state index in [9.17, 15) is 4.79 Å². The molecule has 0 unspecified atom stereocenters. The van der Waals surface area contributed by atoms with E-state index in [2.05, 4.69) is 5.32 Å². The first-order valence-electron chi connectivity index (χ1n) is 6.21. The molecular formula is C12H24N2O2. The molecule has 0 aromatic rings. The van der Waals surface area contributed by atoms with E-state index in [1.807, 2.05) is 13.8 Å². The van der Waals surface area contributed by atoms with Gasteiger partial charge in [-0.1, -0.05) is 12.8 Å². The van der Waals surface area contributed by atoms with Gasteiger partial charge in [0.1, 0.15) is 0 Å². The molecule has 1 rings (SSSR count). The van der Waals surface area contributed by atoms with E-state index in [0.29, 0.717) is 19.6 Å². The minimum Gasteiger partial charge on any atom is -0.373 e. The maximum absolute atomic E-state index is 11.4. The predicted molar refractivity (Wildman–Crippen MR) is 64.1 cm³/mol. The van der Waals surface area contributed by atoms with Crippen LogP contribution in [0.2, 0.25) is 0 Å². The molecule has 4 nitrogen and oxygen atoms in total. The van der Waals surface area contributed by atoms with Gasteiger partial charge in [-0.15, -0.1) is 0 Å². The molecule has 1 saturated carbocycles. The van der Waals surface area contributed by atoms with Crippen molar-refractivity contribution in [1.82, 2.24) is 5.32 Å². The lowest BCUT2D eigenvalue weighted by molar-refractivity contribution is -0.124. The first-order chi connectivity index (χ1) is 7.58. The van der Waals surface area contributed by atoms with E-state index in [1.165, 1.54) is 12.8 Å². The van der Waals surface area contributed by atoms with Crippen molar-refractivity contribution in [1.29, 1.82) is 0 Å². The number of nitrogens with two attached hydrogens (primary N) is 1. The van der Waals surface area contributed by atoms with Crippen LogP contribution in [0.3, 0.4) is 0 Å². The number of hydrogen-bond donors (Lipinski definition) is 2. The molecule has 0 aliphatic heterocycles. The fourth-order valence-corrected chi connectivity index (χ4v) is 2.18. The summed E-state index contributed by atoms with van der Waals surface area (Å²) in [5.74, 6) is 0.0557. The maximum atomic E-state index is 11.4. The molecule has 1 aliphatic rings. The summed E-state index contributed by atoms with van der Waals surface area (Å²) in [4.78, 5) is 11.4. The molecule has 4 heteroatoms.